The third-order valence-corrected chi connectivity index (χ3v) is 1.67. The van der Waals surface area contributed by atoms with Gasteiger partial charge in [0.15, 0.2) is 0 Å². The molecule has 0 rings (SSSR count). The maximum absolute atomic E-state index is 12.6. The second-order valence-corrected chi connectivity index (χ2v) is 3.59. The standard InChI is InChI=1S/C6H7BrF4/c1-4(2)3-5(7,8)6(9,10)11/h1,3H2,2H3. The van der Waals surface area contributed by atoms with Crippen LogP contribution in [0.5, 0.6) is 0 Å². The zero-order chi connectivity index (χ0) is 9.28. The lowest BCUT2D eigenvalue weighted by Crippen LogP contribution is -2.34. The lowest BCUT2D eigenvalue weighted by atomic mass is 10.1. The van der Waals surface area contributed by atoms with Crippen molar-refractivity contribution in [3.8, 4) is 0 Å². The largest absolute Gasteiger partial charge is 0.432 e. The molecule has 0 aromatic rings. The van der Waals surface area contributed by atoms with Crippen LogP contribution in [-0.2, 0) is 0 Å². The Hall–Kier alpha value is -0.0600. The Morgan fingerprint density at radius 1 is 1.36 bits per heavy atom. The summed E-state index contributed by atoms with van der Waals surface area (Å²) in [7, 11) is 0. The molecule has 0 aromatic heterocycles. The number of alkyl halides is 5. The zero-order valence-electron chi connectivity index (χ0n) is 5.80. The van der Waals surface area contributed by atoms with Crippen molar-refractivity contribution in [3.05, 3.63) is 12.2 Å². The molecule has 0 saturated carbocycles. The monoisotopic (exact) mass is 234 g/mol. The van der Waals surface area contributed by atoms with E-state index in [1.807, 2.05) is 15.9 Å². The molecule has 0 radical (unpaired) electrons. The summed E-state index contributed by atoms with van der Waals surface area (Å²) in [5.74, 6) is 0. The summed E-state index contributed by atoms with van der Waals surface area (Å²) < 4.78 is 44.4. The van der Waals surface area contributed by atoms with Gasteiger partial charge in [0.2, 0.25) is 0 Å². The maximum Gasteiger partial charge on any atom is 0.432 e. The van der Waals surface area contributed by atoms with Crippen molar-refractivity contribution in [1.82, 2.24) is 0 Å². The first-order valence-electron chi connectivity index (χ1n) is 2.76. The van der Waals surface area contributed by atoms with Crippen LogP contribution in [0, 0.1) is 0 Å². The van der Waals surface area contributed by atoms with Gasteiger partial charge in [0.25, 0.3) is 4.58 Å². The zero-order valence-corrected chi connectivity index (χ0v) is 7.39. The predicted octanol–water partition coefficient (Wildman–Crippen LogP) is 3.58. The second kappa shape index (κ2) is 3.13. The summed E-state index contributed by atoms with van der Waals surface area (Å²) in [6.07, 6.45) is -5.64. The highest BCUT2D eigenvalue weighted by molar-refractivity contribution is 9.10. The first-order valence-corrected chi connectivity index (χ1v) is 3.55. The molecule has 0 aliphatic carbocycles. The molecule has 0 heterocycles. The Labute approximate surface area is 70.4 Å². The average Bonchev–Trinajstić information content (AvgIpc) is 1.56. The fourth-order valence-electron chi connectivity index (χ4n) is 0.479. The van der Waals surface area contributed by atoms with Gasteiger partial charge in [-0.3, -0.25) is 0 Å². The molecule has 0 fully saturated rings. The first-order chi connectivity index (χ1) is 4.67. The van der Waals surface area contributed by atoms with Crippen molar-refractivity contribution < 1.29 is 17.6 Å². The van der Waals surface area contributed by atoms with Crippen LogP contribution in [-0.4, -0.2) is 10.8 Å². The van der Waals surface area contributed by atoms with E-state index in [-0.39, 0.29) is 5.57 Å². The van der Waals surface area contributed by atoms with Gasteiger partial charge in [-0.2, -0.15) is 13.2 Å². The number of hydrogen-bond acceptors (Lipinski definition) is 0. The van der Waals surface area contributed by atoms with Gasteiger partial charge >= 0.3 is 6.18 Å². The highest BCUT2D eigenvalue weighted by atomic mass is 79.9. The van der Waals surface area contributed by atoms with E-state index in [4.69, 9.17) is 0 Å². The van der Waals surface area contributed by atoms with Gasteiger partial charge in [0, 0.05) is 6.42 Å². The number of halogens is 5. The van der Waals surface area contributed by atoms with Gasteiger partial charge in [-0.15, -0.1) is 0 Å². The van der Waals surface area contributed by atoms with Crippen molar-refractivity contribution in [1.29, 1.82) is 0 Å². The fraction of sp³-hybridized carbons (Fsp3) is 0.667. The summed E-state index contributed by atoms with van der Waals surface area (Å²) in [6, 6.07) is 0. The van der Waals surface area contributed by atoms with E-state index in [0.29, 0.717) is 0 Å². The second-order valence-electron chi connectivity index (χ2n) is 2.34. The van der Waals surface area contributed by atoms with E-state index in [1.54, 1.807) is 0 Å². The molecule has 0 N–H and O–H groups in total. The van der Waals surface area contributed by atoms with E-state index in [0.717, 1.165) is 0 Å². The number of rotatable bonds is 2. The minimum absolute atomic E-state index is 0.140. The molecule has 0 saturated heterocycles. The van der Waals surface area contributed by atoms with E-state index < -0.39 is 17.2 Å². The maximum atomic E-state index is 12.6. The Bertz CT molecular complexity index is 158. The van der Waals surface area contributed by atoms with Crippen LogP contribution < -0.4 is 0 Å². The molecule has 0 nitrogen and oxygen atoms in total. The Balaban J connectivity index is 4.34. The molecular weight excluding hydrogens is 228 g/mol. The molecule has 66 valence electrons. The highest BCUT2D eigenvalue weighted by Crippen LogP contribution is 2.43. The molecular formula is C6H7BrF4. The molecule has 1 atom stereocenters. The summed E-state index contributed by atoms with van der Waals surface area (Å²) in [6.45, 7) is 4.52. The van der Waals surface area contributed by atoms with Crippen LogP contribution in [0.1, 0.15) is 13.3 Å². The molecule has 0 aliphatic heterocycles. The topological polar surface area (TPSA) is 0 Å². The van der Waals surface area contributed by atoms with Crippen molar-refractivity contribution >= 4 is 15.9 Å². The normalized spacial score (nSPS) is 17.6. The van der Waals surface area contributed by atoms with E-state index in [1.165, 1.54) is 6.92 Å². The number of hydrogen-bond donors (Lipinski definition) is 0. The van der Waals surface area contributed by atoms with Crippen LogP contribution in [0.3, 0.4) is 0 Å². The first kappa shape index (κ1) is 10.9. The van der Waals surface area contributed by atoms with Crippen LogP contribution in [0.15, 0.2) is 12.2 Å². The van der Waals surface area contributed by atoms with Crippen molar-refractivity contribution in [2.24, 2.45) is 0 Å². The van der Waals surface area contributed by atoms with Gasteiger partial charge < -0.3 is 0 Å². The molecule has 0 spiro atoms. The van der Waals surface area contributed by atoms with E-state index in [9.17, 15) is 17.6 Å². The average molecular weight is 235 g/mol. The van der Waals surface area contributed by atoms with Crippen LogP contribution in [0.25, 0.3) is 0 Å². The Kier molecular flexibility index (Phi) is 3.11. The lowest BCUT2D eigenvalue weighted by Gasteiger charge is -2.21. The minimum atomic E-state index is -4.88. The van der Waals surface area contributed by atoms with E-state index in [2.05, 4.69) is 6.58 Å². The van der Waals surface area contributed by atoms with Crippen molar-refractivity contribution in [2.45, 2.75) is 24.1 Å². The fourth-order valence-corrected chi connectivity index (χ4v) is 0.958. The summed E-state index contributed by atoms with van der Waals surface area (Å²) >= 11 is 1.95. The SMILES string of the molecule is C=C(C)CC(F)(Br)C(F)(F)F. The minimum Gasteiger partial charge on any atom is -0.221 e. The smallest absolute Gasteiger partial charge is 0.221 e. The third-order valence-electron chi connectivity index (χ3n) is 0.939. The Morgan fingerprint density at radius 2 is 1.73 bits per heavy atom. The summed E-state index contributed by atoms with van der Waals surface area (Å²) in [5.41, 5.74) is 0.140. The molecule has 1 unspecified atom stereocenters. The van der Waals surface area contributed by atoms with Gasteiger partial charge in [0.1, 0.15) is 0 Å². The molecule has 5 heteroatoms. The molecule has 0 amide bonds. The molecule has 0 aliphatic rings. The predicted molar refractivity (Wildman–Crippen MR) is 38.3 cm³/mol. The molecule has 0 aromatic carbocycles. The van der Waals surface area contributed by atoms with E-state index >= 15 is 0 Å². The molecule has 11 heavy (non-hydrogen) atoms. The van der Waals surface area contributed by atoms with Gasteiger partial charge in [-0.05, 0) is 22.9 Å². The summed E-state index contributed by atoms with van der Waals surface area (Å²) in [4.78, 5) is 0. The number of allylic oxidation sites excluding steroid dienone is 1. The van der Waals surface area contributed by atoms with Crippen LogP contribution in [0.2, 0.25) is 0 Å². The quantitative estimate of drug-likeness (QED) is 0.390. The summed E-state index contributed by atoms with van der Waals surface area (Å²) in [5, 5.41) is 0. The van der Waals surface area contributed by atoms with Gasteiger partial charge in [0.05, 0.1) is 0 Å². The Morgan fingerprint density at radius 3 is 1.82 bits per heavy atom. The van der Waals surface area contributed by atoms with Crippen LogP contribution >= 0.6 is 15.9 Å². The lowest BCUT2D eigenvalue weighted by molar-refractivity contribution is -0.191. The highest BCUT2D eigenvalue weighted by Gasteiger charge is 2.53. The molecule has 0 bridgehead atoms. The third kappa shape index (κ3) is 3.22. The van der Waals surface area contributed by atoms with Crippen LogP contribution in [0.4, 0.5) is 17.6 Å². The van der Waals surface area contributed by atoms with Gasteiger partial charge in [-0.1, -0.05) is 12.2 Å². The van der Waals surface area contributed by atoms with Gasteiger partial charge in [-0.25, -0.2) is 4.39 Å². The van der Waals surface area contributed by atoms with Crippen molar-refractivity contribution in [2.75, 3.05) is 0 Å². The van der Waals surface area contributed by atoms with Crippen molar-refractivity contribution in [3.63, 3.8) is 0 Å².